The van der Waals surface area contributed by atoms with Crippen LogP contribution in [0.2, 0.25) is 0 Å². The number of aryl methyl sites for hydroxylation is 2. The topological polar surface area (TPSA) is 38.9 Å². The Kier molecular flexibility index (Phi) is 2.99. The summed E-state index contributed by atoms with van der Waals surface area (Å²) in [4.78, 5) is 6.46. The van der Waals surface area contributed by atoms with Crippen LogP contribution in [0.1, 0.15) is 60.0 Å². The number of nitrogens with two attached hydrogens (primary N) is 1. The van der Waals surface area contributed by atoms with Crippen LogP contribution in [-0.4, -0.2) is 11.0 Å². The minimum atomic E-state index is 0.450. The van der Waals surface area contributed by atoms with E-state index in [0.29, 0.717) is 6.04 Å². The maximum absolute atomic E-state index is 5.96. The third kappa shape index (κ3) is 2.03. The normalized spacial score (nSPS) is 30.1. The molecule has 88 valence electrons. The fraction of sp³-hybridized carbons (Fsp3) is 0.769. The minimum Gasteiger partial charge on any atom is -0.328 e. The number of hydrogen-bond donors (Lipinski definition) is 1. The second-order valence-electron chi connectivity index (χ2n) is 5.24. The predicted molar refractivity (Wildman–Crippen MR) is 67.9 cm³/mol. The molecule has 16 heavy (non-hydrogen) atoms. The molecule has 3 heteroatoms. The Labute approximate surface area is 101 Å². The van der Waals surface area contributed by atoms with E-state index in [4.69, 9.17) is 10.7 Å². The Morgan fingerprint density at radius 2 is 1.81 bits per heavy atom. The zero-order valence-corrected chi connectivity index (χ0v) is 10.6. The van der Waals surface area contributed by atoms with Crippen molar-refractivity contribution >= 4 is 11.3 Å². The monoisotopic (exact) mass is 236 g/mol. The van der Waals surface area contributed by atoms with Gasteiger partial charge in [-0.2, -0.15) is 0 Å². The lowest BCUT2D eigenvalue weighted by Gasteiger charge is -2.24. The number of rotatable bonds is 1. The summed E-state index contributed by atoms with van der Waals surface area (Å²) < 4.78 is 0. The first-order valence-electron chi connectivity index (χ1n) is 6.57. The van der Waals surface area contributed by atoms with Crippen molar-refractivity contribution in [1.29, 1.82) is 0 Å². The summed E-state index contributed by atoms with van der Waals surface area (Å²) in [5.41, 5.74) is 7.37. The van der Waals surface area contributed by atoms with Gasteiger partial charge in [0.25, 0.3) is 0 Å². The van der Waals surface area contributed by atoms with Gasteiger partial charge >= 0.3 is 0 Å². The molecule has 0 radical (unpaired) electrons. The van der Waals surface area contributed by atoms with E-state index in [1.165, 1.54) is 62.1 Å². The van der Waals surface area contributed by atoms with Crippen LogP contribution < -0.4 is 5.73 Å². The van der Waals surface area contributed by atoms with Crippen molar-refractivity contribution in [1.82, 2.24) is 4.98 Å². The third-order valence-electron chi connectivity index (χ3n) is 3.98. The van der Waals surface area contributed by atoms with Crippen LogP contribution in [0, 0.1) is 0 Å². The van der Waals surface area contributed by atoms with Gasteiger partial charge in [-0.15, -0.1) is 11.3 Å². The molecule has 1 heterocycles. The van der Waals surface area contributed by atoms with E-state index < -0.39 is 0 Å². The van der Waals surface area contributed by atoms with E-state index >= 15 is 0 Å². The van der Waals surface area contributed by atoms with Crippen molar-refractivity contribution in [2.75, 3.05) is 0 Å². The molecule has 2 nitrogen and oxygen atoms in total. The van der Waals surface area contributed by atoms with E-state index in [-0.39, 0.29) is 0 Å². The zero-order chi connectivity index (χ0) is 11.0. The lowest BCUT2D eigenvalue weighted by atomic mass is 9.87. The number of hydrogen-bond acceptors (Lipinski definition) is 3. The van der Waals surface area contributed by atoms with E-state index in [1.807, 2.05) is 11.3 Å². The van der Waals surface area contributed by atoms with Crippen molar-refractivity contribution in [3.05, 3.63) is 15.6 Å². The highest BCUT2D eigenvalue weighted by Crippen LogP contribution is 2.37. The Morgan fingerprint density at radius 3 is 2.56 bits per heavy atom. The molecule has 2 aliphatic rings. The van der Waals surface area contributed by atoms with Gasteiger partial charge < -0.3 is 5.73 Å². The quantitative estimate of drug-likeness (QED) is 0.814. The van der Waals surface area contributed by atoms with E-state index in [9.17, 15) is 0 Å². The fourth-order valence-electron chi connectivity index (χ4n) is 2.91. The SMILES string of the molecule is NC1CCC(c2nc3c(s2)CCCC3)CC1. The standard InChI is InChI=1S/C13H20N2S/c14-10-7-5-9(6-8-10)13-15-11-3-1-2-4-12(11)16-13/h9-10H,1-8,14H2. The predicted octanol–water partition coefficient (Wildman–Crippen LogP) is 3.01. The van der Waals surface area contributed by atoms with Gasteiger partial charge in [0.05, 0.1) is 10.7 Å². The number of thiazole rings is 1. The number of nitrogens with zero attached hydrogens (tertiary/aromatic N) is 1. The molecule has 0 unspecified atom stereocenters. The molecule has 0 saturated heterocycles. The molecule has 0 atom stereocenters. The van der Waals surface area contributed by atoms with Crippen LogP contribution in [0.5, 0.6) is 0 Å². The Bertz CT molecular complexity index is 341. The molecule has 0 aromatic carbocycles. The highest BCUT2D eigenvalue weighted by molar-refractivity contribution is 7.11. The van der Waals surface area contributed by atoms with E-state index in [2.05, 4.69) is 0 Å². The first-order valence-corrected chi connectivity index (χ1v) is 7.38. The van der Waals surface area contributed by atoms with Crippen LogP contribution in [0.4, 0.5) is 0 Å². The highest BCUT2D eigenvalue weighted by Gasteiger charge is 2.24. The Balaban J connectivity index is 1.76. The third-order valence-corrected chi connectivity index (χ3v) is 5.30. The molecule has 2 N–H and O–H groups in total. The summed E-state index contributed by atoms with van der Waals surface area (Å²) in [7, 11) is 0. The first kappa shape index (κ1) is 10.7. The highest BCUT2D eigenvalue weighted by atomic mass is 32.1. The van der Waals surface area contributed by atoms with Crippen molar-refractivity contribution in [2.24, 2.45) is 5.73 Å². The summed E-state index contributed by atoms with van der Waals surface area (Å²) in [6.07, 6.45) is 10.1. The zero-order valence-electron chi connectivity index (χ0n) is 9.74. The Hall–Kier alpha value is -0.410. The van der Waals surface area contributed by atoms with Gasteiger partial charge in [0.15, 0.2) is 0 Å². The van der Waals surface area contributed by atoms with Crippen LogP contribution in [0.15, 0.2) is 0 Å². The molecule has 1 aromatic rings. The maximum atomic E-state index is 5.96. The van der Waals surface area contributed by atoms with Gasteiger partial charge in [-0.25, -0.2) is 4.98 Å². The average Bonchev–Trinajstić information content (AvgIpc) is 2.73. The molecule has 0 amide bonds. The average molecular weight is 236 g/mol. The molecule has 0 spiro atoms. The van der Waals surface area contributed by atoms with Crippen LogP contribution in [0.3, 0.4) is 0 Å². The minimum absolute atomic E-state index is 0.450. The van der Waals surface area contributed by atoms with Crippen molar-refractivity contribution < 1.29 is 0 Å². The molecular formula is C13H20N2S. The molecular weight excluding hydrogens is 216 g/mol. The lowest BCUT2D eigenvalue weighted by Crippen LogP contribution is -2.25. The van der Waals surface area contributed by atoms with Crippen molar-refractivity contribution in [3.63, 3.8) is 0 Å². The van der Waals surface area contributed by atoms with Crippen molar-refractivity contribution in [3.8, 4) is 0 Å². The molecule has 2 aliphatic carbocycles. The van der Waals surface area contributed by atoms with E-state index in [1.54, 1.807) is 4.88 Å². The smallest absolute Gasteiger partial charge is 0.0962 e. The molecule has 1 saturated carbocycles. The van der Waals surface area contributed by atoms with E-state index in [0.717, 1.165) is 5.92 Å². The number of fused-ring (bicyclic) bond motifs is 1. The first-order chi connectivity index (χ1) is 7.83. The second-order valence-corrected chi connectivity index (χ2v) is 6.36. The summed E-state index contributed by atoms with van der Waals surface area (Å²) in [6.45, 7) is 0. The second kappa shape index (κ2) is 4.46. The van der Waals surface area contributed by atoms with Gasteiger partial charge in [-0.3, -0.25) is 0 Å². The summed E-state index contributed by atoms with van der Waals surface area (Å²) in [5.74, 6) is 0.718. The van der Waals surface area contributed by atoms with Crippen LogP contribution in [-0.2, 0) is 12.8 Å². The van der Waals surface area contributed by atoms with Crippen LogP contribution >= 0.6 is 11.3 Å². The van der Waals surface area contributed by atoms with Gasteiger partial charge in [0.2, 0.25) is 0 Å². The Morgan fingerprint density at radius 1 is 1.06 bits per heavy atom. The molecule has 1 fully saturated rings. The molecule has 1 aromatic heterocycles. The van der Waals surface area contributed by atoms with Gasteiger partial charge in [0, 0.05) is 16.8 Å². The fourth-order valence-corrected chi connectivity index (χ4v) is 4.24. The summed E-state index contributed by atoms with van der Waals surface area (Å²) >= 11 is 1.99. The largest absolute Gasteiger partial charge is 0.328 e. The van der Waals surface area contributed by atoms with Gasteiger partial charge in [-0.1, -0.05) is 0 Å². The molecule has 0 bridgehead atoms. The van der Waals surface area contributed by atoms with Gasteiger partial charge in [0.1, 0.15) is 0 Å². The molecule has 0 aliphatic heterocycles. The number of aromatic nitrogens is 1. The lowest BCUT2D eigenvalue weighted by molar-refractivity contribution is 0.394. The van der Waals surface area contributed by atoms with Crippen molar-refractivity contribution in [2.45, 2.75) is 63.3 Å². The van der Waals surface area contributed by atoms with Gasteiger partial charge in [-0.05, 0) is 51.4 Å². The molecule has 3 rings (SSSR count). The summed E-state index contributed by atoms with van der Waals surface area (Å²) in [6, 6.07) is 0.450. The summed E-state index contributed by atoms with van der Waals surface area (Å²) in [5, 5.41) is 1.42. The van der Waals surface area contributed by atoms with Crippen LogP contribution in [0.25, 0.3) is 0 Å². The maximum Gasteiger partial charge on any atom is 0.0962 e.